The molecule has 130 valence electrons. The van der Waals surface area contributed by atoms with E-state index in [0.717, 1.165) is 26.9 Å². The molecule has 0 aromatic heterocycles. The van der Waals surface area contributed by atoms with Gasteiger partial charge >= 0.3 is 0 Å². The smallest absolute Gasteiger partial charge is 0.244 e. The Kier molecular flexibility index (Phi) is 5.05. The normalized spacial score (nSPS) is 13.7. The molecule has 1 atom stereocenters. The number of thioether (sulfide) groups is 1. The minimum absolute atomic E-state index is 0.126. The van der Waals surface area contributed by atoms with Crippen molar-refractivity contribution in [2.45, 2.75) is 27.7 Å². The van der Waals surface area contributed by atoms with Crippen LogP contribution in [-0.4, -0.2) is 11.2 Å². The van der Waals surface area contributed by atoms with Gasteiger partial charge in [0.1, 0.15) is 0 Å². The molecule has 1 heterocycles. The standard InChI is InChI=1S/C22H19NOS2/c1-16(25-15-17-9-3-2-4-10-17)22(24)23-18-11-5-7-13-20(18)26-21-14-8-6-12-19(21)23/h2-14,16H,15H2,1H3. The van der Waals surface area contributed by atoms with Gasteiger partial charge < -0.3 is 0 Å². The van der Waals surface area contributed by atoms with E-state index in [9.17, 15) is 4.79 Å². The summed E-state index contributed by atoms with van der Waals surface area (Å²) < 4.78 is 0. The number of carbonyl (C=O) groups excluding carboxylic acids is 1. The molecule has 1 aliphatic heterocycles. The number of hydrogen-bond acceptors (Lipinski definition) is 3. The van der Waals surface area contributed by atoms with Gasteiger partial charge in [-0.2, -0.15) is 0 Å². The first-order valence-corrected chi connectivity index (χ1v) is 10.5. The average Bonchev–Trinajstić information content (AvgIpc) is 2.70. The zero-order chi connectivity index (χ0) is 17.9. The lowest BCUT2D eigenvalue weighted by Crippen LogP contribution is -2.34. The summed E-state index contributed by atoms with van der Waals surface area (Å²) in [5.41, 5.74) is 3.20. The Bertz CT molecular complexity index is 881. The van der Waals surface area contributed by atoms with E-state index < -0.39 is 0 Å². The summed E-state index contributed by atoms with van der Waals surface area (Å²) in [4.78, 5) is 17.5. The van der Waals surface area contributed by atoms with E-state index in [1.807, 2.05) is 66.4 Å². The van der Waals surface area contributed by atoms with Gasteiger partial charge in [0.15, 0.2) is 0 Å². The van der Waals surface area contributed by atoms with Gasteiger partial charge in [0.2, 0.25) is 5.91 Å². The second-order valence-electron chi connectivity index (χ2n) is 6.15. The number of anilines is 2. The first kappa shape index (κ1) is 17.3. The van der Waals surface area contributed by atoms with Crippen LogP contribution >= 0.6 is 23.5 Å². The highest BCUT2D eigenvalue weighted by molar-refractivity contribution is 8.00. The van der Waals surface area contributed by atoms with Crippen LogP contribution in [0.1, 0.15) is 12.5 Å². The molecule has 4 heteroatoms. The highest BCUT2D eigenvalue weighted by Crippen LogP contribution is 2.48. The van der Waals surface area contributed by atoms with Crippen LogP contribution < -0.4 is 4.90 Å². The average molecular weight is 378 g/mol. The highest BCUT2D eigenvalue weighted by Gasteiger charge is 2.30. The molecular weight excluding hydrogens is 358 g/mol. The molecule has 4 rings (SSSR count). The fourth-order valence-corrected chi connectivity index (χ4v) is 4.93. The summed E-state index contributed by atoms with van der Waals surface area (Å²) in [6, 6.07) is 26.6. The molecule has 3 aromatic rings. The molecule has 0 saturated heterocycles. The number of hydrogen-bond donors (Lipinski definition) is 0. The molecule has 0 aliphatic carbocycles. The van der Waals surface area contributed by atoms with Crippen molar-refractivity contribution >= 4 is 40.8 Å². The maximum absolute atomic E-state index is 13.3. The van der Waals surface area contributed by atoms with Gasteiger partial charge in [0.05, 0.1) is 16.6 Å². The minimum Gasteiger partial charge on any atom is -0.278 e. The van der Waals surface area contributed by atoms with E-state index >= 15 is 0 Å². The fraction of sp³-hybridized carbons (Fsp3) is 0.136. The third-order valence-corrected chi connectivity index (χ3v) is 6.68. The van der Waals surface area contributed by atoms with E-state index in [4.69, 9.17) is 0 Å². The van der Waals surface area contributed by atoms with Crippen LogP contribution in [-0.2, 0) is 10.5 Å². The molecule has 0 radical (unpaired) electrons. The van der Waals surface area contributed by atoms with Crippen molar-refractivity contribution in [3.8, 4) is 0 Å². The second kappa shape index (κ2) is 7.60. The van der Waals surface area contributed by atoms with E-state index in [-0.39, 0.29) is 11.2 Å². The lowest BCUT2D eigenvalue weighted by Gasteiger charge is -2.32. The number of amides is 1. The number of rotatable bonds is 4. The topological polar surface area (TPSA) is 20.3 Å². The van der Waals surface area contributed by atoms with Crippen molar-refractivity contribution in [2.75, 3.05) is 4.90 Å². The molecule has 0 N–H and O–H groups in total. The van der Waals surface area contributed by atoms with E-state index in [0.29, 0.717) is 0 Å². The Labute approximate surface area is 162 Å². The number of nitrogens with zero attached hydrogens (tertiary/aromatic N) is 1. The van der Waals surface area contributed by atoms with Gasteiger partial charge in [-0.25, -0.2) is 0 Å². The quantitative estimate of drug-likeness (QED) is 0.545. The minimum atomic E-state index is -0.126. The molecule has 3 aromatic carbocycles. The molecule has 0 saturated carbocycles. The van der Waals surface area contributed by atoms with Gasteiger partial charge in [-0.3, -0.25) is 9.69 Å². The third kappa shape index (κ3) is 3.39. The second-order valence-corrected chi connectivity index (χ2v) is 8.56. The predicted molar refractivity (Wildman–Crippen MR) is 111 cm³/mol. The van der Waals surface area contributed by atoms with Crippen molar-refractivity contribution in [3.05, 3.63) is 84.4 Å². The van der Waals surface area contributed by atoms with Crippen LogP contribution in [0, 0.1) is 0 Å². The lowest BCUT2D eigenvalue weighted by molar-refractivity contribution is -0.117. The molecule has 26 heavy (non-hydrogen) atoms. The largest absolute Gasteiger partial charge is 0.278 e. The summed E-state index contributed by atoms with van der Waals surface area (Å²) in [6.07, 6.45) is 0. The highest BCUT2D eigenvalue weighted by atomic mass is 32.2. The zero-order valence-corrected chi connectivity index (χ0v) is 16.1. The molecule has 2 nitrogen and oxygen atoms in total. The Morgan fingerprint density at radius 1 is 0.885 bits per heavy atom. The molecule has 1 amide bonds. The Hall–Kier alpha value is -2.17. The molecule has 0 spiro atoms. The van der Waals surface area contributed by atoms with Crippen LogP contribution in [0.2, 0.25) is 0 Å². The van der Waals surface area contributed by atoms with E-state index in [1.54, 1.807) is 23.5 Å². The van der Waals surface area contributed by atoms with Crippen LogP contribution in [0.4, 0.5) is 11.4 Å². The van der Waals surface area contributed by atoms with Crippen LogP contribution in [0.25, 0.3) is 0 Å². The Morgan fingerprint density at radius 2 is 1.42 bits per heavy atom. The maximum Gasteiger partial charge on any atom is 0.244 e. The van der Waals surface area contributed by atoms with Crippen LogP contribution in [0.15, 0.2) is 88.7 Å². The van der Waals surface area contributed by atoms with Crippen molar-refractivity contribution in [2.24, 2.45) is 0 Å². The van der Waals surface area contributed by atoms with E-state index in [1.165, 1.54) is 5.56 Å². The number of carbonyl (C=O) groups is 1. The third-order valence-electron chi connectivity index (χ3n) is 4.34. The van der Waals surface area contributed by atoms with Gasteiger partial charge in [0.25, 0.3) is 0 Å². The van der Waals surface area contributed by atoms with Gasteiger partial charge in [-0.1, -0.05) is 66.4 Å². The van der Waals surface area contributed by atoms with E-state index in [2.05, 4.69) is 24.3 Å². The van der Waals surface area contributed by atoms with Gasteiger partial charge in [-0.05, 0) is 36.8 Å². The Balaban J connectivity index is 1.61. The Morgan fingerprint density at radius 3 is 2.04 bits per heavy atom. The first-order chi connectivity index (χ1) is 12.7. The summed E-state index contributed by atoms with van der Waals surface area (Å²) in [7, 11) is 0. The summed E-state index contributed by atoms with van der Waals surface area (Å²) >= 11 is 3.41. The monoisotopic (exact) mass is 377 g/mol. The van der Waals surface area contributed by atoms with Crippen molar-refractivity contribution in [1.82, 2.24) is 0 Å². The van der Waals surface area contributed by atoms with Crippen LogP contribution in [0.3, 0.4) is 0 Å². The maximum atomic E-state index is 13.3. The molecule has 1 aliphatic rings. The van der Waals surface area contributed by atoms with Crippen molar-refractivity contribution < 1.29 is 4.79 Å². The van der Waals surface area contributed by atoms with Gasteiger partial charge in [0, 0.05) is 15.5 Å². The van der Waals surface area contributed by atoms with Crippen LogP contribution in [0.5, 0.6) is 0 Å². The summed E-state index contributed by atoms with van der Waals surface area (Å²) in [5, 5.41) is -0.126. The molecule has 1 unspecified atom stereocenters. The number of fused-ring (bicyclic) bond motifs is 2. The molecule has 0 bridgehead atoms. The zero-order valence-electron chi connectivity index (χ0n) is 14.5. The molecule has 0 fully saturated rings. The van der Waals surface area contributed by atoms with Gasteiger partial charge in [-0.15, -0.1) is 11.8 Å². The lowest BCUT2D eigenvalue weighted by atomic mass is 10.2. The first-order valence-electron chi connectivity index (χ1n) is 8.59. The summed E-state index contributed by atoms with van der Waals surface area (Å²) in [5.74, 6) is 0.964. The summed E-state index contributed by atoms with van der Waals surface area (Å²) in [6.45, 7) is 2.00. The fourth-order valence-electron chi connectivity index (χ4n) is 2.99. The van der Waals surface area contributed by atoms with Crippen molar-refractivity contribution in [1.29, 1.82) is 0 Å². The number of para-hydroxylation sites is 2. The number of benzene rings is 3. The molecular formula is C22H19NOS2. The SMILES string of the molecule is CC(SCc1ccccc1)C(=O)N1c2ccccc2Sc2ccccc21. The predicted octanol–water partition coefficient (Wildman–Crippen LogP) is 6.14. The van der Waals surface area contributed by atoms with Crippen molar-refractivity contribution in [3.63, 3.8) is 0 Å².